The zero-order valence-electron chi connectivity index (χ0n) is 9.19. The molecule has 17 heavy (non-hydrogen) atoms. The van der Waals surface area contributed by atoms with E-state index in [1.165, 1.54) is 6.92 Å². The number of hydrogen-bond donors (Lipinski definition) is 0. The van der Waals surface area contributed by atoms with Gasteiger partial charge in [0.2, 0.25) is 0 Å². The van der Waals surface area contributed by atoms with Gasteiger partial charge in [0.15, 0.2) is 5.78 Å². The molecule has 0 aliphatic rings. The lowest BCUT2D eigenvalue weighted by molar-refractivity contribution is -0.138. The number of rotatable bonds is 3. The molecule has 0 bridgehead atoms. The van der Waals surface area contributed by atoms with Crippen LogP contribution in [-0.2, 0) is 6.18 Å². The van der Waals surface area contributed by atoms with Crippen molar-refractivity contribution in [3.8, 4) is 5.75 Å². The number of halogens is 4. The first-order chi connectivity index (χ1) is 7.77. The molecule has 0 saturated carbocycles. The quantitative estimate of drug-likeness (QED) is 0.774. The van der Waals surface area contributed by atoms with Crippen LogP contribution in [0, 0.1) is 0 Å². The van der Waals surface area contributed by atoms with E-state index < -0.39 is 17.5 Å². The van der Waals surface area contributed by atoms with Crippen molar-refractivity contribution in [2.75, 3.05) is 6.61 Å². The molecule has 0 aromatic heterocycles. The third-order valence-corrected chi connectivity index (χ3v) is 2.37. The summed E-state index contributed by atoms with van der Waals surface area (Å²) >= 11 is 5.63. The van der Waals surface area contributed by atoms with Gasteiger partial charge in [0, 0.05) is 5.56 Å². The Kier molecular flexibility index (Phi) is 4.03. The van der Waals surface area contributed by atoms with E-state index in [0.29, 0.717) is 6.07 Å². The Morgan fingerprint density at radius 2 is 2.00 bits per heavy atom. The van der Waals surface area contributed by atoms with Crippen LogP contribution in [0.3, 0.4) is 0 Å². The Hall–Kier alpha value is -1.23. The van der Waals surface area contributed by atoms with Crippen LogP contribution in [0.1, 0.15) is 29.8 Å². The van der Waals surface area contributed by atoms with Gasteiger partial charge in [-0.15, -0.1) is 0 Å². The molecule has 0 aliphatic heterocycles. The van der Waals surface area contributed by atoms with E-state index in [0.717, 1.165) is 6.07 Å². The van der Waals surface area contributed by atoms with Gasteiger partial charge in [-0.05, 0) is 26.0 Å². The summed E-state index contributed by atoms with van der Waals surface area (Å²) in [7, 11) is 0. The number of Topliss-reactive ketones (excluding diaryl/α,β-unsaturated/α-hetero) is 1. The molecular formula is C11H10ClF3O2. The van der Waals surface area contributed by atoms with Crippen LogP contribution in [0.4, 0.5) is 13.2 Å². The van der Waals surface area contributed by atoms with E-state index in [9.17, 15) is 18.0 Å². The summed E-state index contributed by atoms with van der Waals surface area (Å²) in [6, 6.07) is 1.74. The molecule has 0 fully saturated rings. The van der Waals surface area contributed by atoms with Crippen molar-refractivity contribution in [2.45, 2.75) is 20.0 Å². The maximum Gasteiger partial charge on any atom is 0.420 e. The Bertz CT molecular complexity index is 441. The molecule has 0 heterocycles. The first-order valence-corrected chi connectivity index (χ1v) is 5.19. The third-order valence-electron chi connectivity index (χ3n) is 2.05. The van der Waals surface area contributed by atoms with Gasteiger partial charge in [0.05, 0.1) is 17.2 Å². The van der Waals surface area contributed by atoms with Crippen molar-refractivity contribution in [1.29, 1.82) is 0 Å². The Morgan fingerprint density at radius 1 is 1.41 bits per heavy atom. The largest absolute Gasteiger partial charge is 0.493 e. The molecule has 6 heteroatoms. The maximum absolute atomic E-state index is 12.7. The molecule has 1 rings (SSSR count). The fourth-order valence-electron chi connectivity index (χ4n) is 1.32. The van der Waals surface area contributed by atoms with Crippen molar-refractivity contribution in [2.24, 2.45) is 0 Å². The Balaban J connectivity index is 3.41. The minimum Gasteiger partial charge on any atom is -0.493 e. The van der Waals surface area contributed by atoms with E-state index in [1.54, 1.807) is 6.92 Å². The predicted molar refractivity (Wildman–Crippen MR) is 57.6 cm³/mol. The summed E-state index contributed by atoms with van der Waals surface area (Å²) in [5.41, 5.74) is -0.961. The Labute approximate surface area is 101 Å². The second kappa shape index (κ2) is 4.96. The second-order valence-corrected chi connectivity index (χ2v) is 3.72. The molecule has 1 aromatic carbocycles. The lowest BCUT2D eigenvalue weighted by Gasteiger charge is -2.15. The summed E-state index contributed by atoms with van der Waals surface area (Å²) in [5.74, 6) is -0.792. The smallest absolute Gasteiger partial charge is 0.420 e. The van der Waals surface area contributed by atoms with Crippen molar-refractivity contribution in [1.82, 2.24) is 0 Å². The first kappa shape index (κ1) is 13.8. The fourth-order valence-corrected chi connectivity index (χ4v) is 1.62. The van der Waals surface area contributed by atoms with Crippen molar-refractivity contribution >= 4 is 17.4 Å². The molecular weight excluding hydrogens is 257 g/mol. The number of ether oxygens (including phenoxy) is 1. The molecule has 2 nitrogen and oxygen atoms in total. The molecule has 0 N–H and O–H groups in total. The summed E-state index contributed by atoms with van der Waals surface area (Å²) in [4.78, 5) is 11.2. The van der Waals surface area contributed by atoms with Gasteiger partial charge in [-0.3, -0.25) is 4.79 Å². The van der Waals surface area contributed by atoms with Gasteiger partial charge >= 0.3 is 6.18 Å². The number of ketones is 1. The highest BCUT2D eigenvalue weighted by Crippen LogP contribution is 2.39. The molecule has 0 unspecified atom stereocenters. The highest BCUT2D eigenvalue weighted by molar-refractivity contribution is 6.34. The van der Waals surface area contributed by atoms with Gasteiger partial charge in [-0.2, -0.15) is 13.2 Å². The van der Waals surface area contributed by atoms with Crippen LogP contribution in [0.15, 0.2) is 12.1 Å². The molecule has 0 radical (unpaired) electrons. The summed E-state index contributed by atoms with van der Waals surface area (Å²) < 4.78 is 42.9. The SMILES string of the molecule is CCOc1cc(C(C)=O)c(Cl)cc1C(F)(F)F. The zero-order chi connectivity index (χ0) is 13.2. The number of benzene rings is 1. The van der Waals surface area contributed by atoms with Gasteiger partial charge in [0.1, 0.15) is 5.75 Å². The first-order valence-electron chi connectivity index (χ1n) is 4.81. The maximum atomic E-state index is 12.7. The summed E-state index contributed by atoms with van der Waals surface area (Å²) in [6.45, 7) is 2.86. The van der Waals surface area contributed by atoms with Crippen LogP contribution < -0.4 is 4.74 Å². The van der Waals surface area contributed by atoms with E-state index in [2.05, 4.69) is 0 Å². The zero-order valence-corrected chi connectivity index (χ0v) is 9.95. The minimum absolute atomic E-state index is 0.0168. The molecule has 0 amide bonds. The van der Waals surface area contributed by atoms with Gasteiger partial charge in [-0.25, -0.2) is 0 Å². The van der Waals surface area contributed by atoms with Crippen molar-refractivity contribution in [3.05, 3.63) is 28.3 Å². The standard InChI is InChI=1S/C11H10ClF3O2/c1-3-17-10-4-7(6(2)16)9(12)5-8(10)11(13,14)15/h4-5H,3H2,1-2H3. The van der Waals surface area contributed by atoms with E-state index >= 15 is 0 Å². The average molecular weight is 267 g/mol. The van der Waals surface area contributed by atoms with Crippen LogP contribution in [0.25, 0.3) is 0 Å². The molecule has 1 aromatic rings. The normalized spacial score (nSPS) is 11.4. The fraction of sp³-hybridized carbons (Fsp3) is 0.364. The lowest BCUT2D eigenvalue weighted by atomic mass is 10.1. The minimum atomic E-state index is -4.57. The third kappa shape index (κ3) is 3.12. The molecule has 0 atom stereocenters. The number of carbonyl (C=O) groups is 1. The highest BCUT2D eigenvalue weighted by atomic mass is 35.5. The van der Waals surface area contributed by atoms with Crippen LogP contribution in [0.5, 0.6) is 5.75 Å². The van der Waals surface area contributed by atoms with Crippen LogP contribution >= 0.6 is 11.6 Å². The van der Waals surface area contributed by atoms with Crippen molar-refractivity contribution in [3.63, 3.8) is 0 Å². The van der Waals surface area contributed by atoms with Crippen LogP contribution in [-0.4, -0.2) is 12.4 Å². The molecule has 94 valence electrons. The van der Waals surface area contributed by atoms with Crippen LogP contribution in [0.2, 0.25) is 5.02 Å². The second-order valence-electron chi connectivity index (χ2n) is 3.32. The lowest BCUT2D eigenvalue weighted by Crippen LogP contribution is -2.10. The summed E-state index contributed by atoms with van der Waals surface area (Å²) in [6.07, 6.45) is -4.57. The predicted octanol–water partition coefficient (Wildman–Crippen LogP) is 3.96. The van der Waals surface area contributed by atoms with Gasteiger partial charge in [0.25, 0.3) is 0 Å². The van der Waals surface area contributed by atoms with Crippen molar-refractivity contribution < 1.29 is 22.7 Å². The number of carbonyl (C=O) groups excluding carboxylic acids is 1. The van der Waals surface area contributed by atoms with Gasteiger partial charge in [-0.1, -0.05) is 11.6 Å². The number of alkyl halides is 3. The highest BCUT2D eigenvalue weighted by Gasteiger charge is 2.35. The number of hydrogen-bond acceptors (Lipinski definition) is 2. The van der Waals surface area contributed by atoms with E-state index in [1.807, 2.05) is 0 Å². The van der Waals surface area contributed by atoms with E-state index in [4.69, 9.17) is 16.3 Å². The summed E-state index contributed by atoms with van der Waals surface area (Å²) in [5, 5.41) is -0.228. The average Bonchev–Trinajstić information content (AvgIpc) is 2.18. The molecule has 0 saturated heterocycles. The topological polar surface area (TPSA) is 26.3 Å². The monoisotopic (exact) mass is 266 g/mol. The molecule has 0 spiro atoms. The van der Waals surface area contributed by atoms with E-state index in [-0.39, 0.29) is 22.9 Å². The Morgan fingerprint density at radius 3 is 2.41 bits per heavy atom. The van der Waals surface area contributed by atoms with Gasteiger partial charge < -0.3 is 4.74 Å². The molecule has 0 aliphatic carbocycles.